The minimum atomic E-state index is -0.363. The second kappa shape index (κ2) is 5.66. The maximum absolute atomic E-state index is 8.80. The fourth-order valence-corrected chi connectivity index (χ4v) is 2.46. The van der Waals surface area contributed by atoms with Crippen molar-refractivity contribution < 1.29 is 9.31 Å². The summed E-state index contributed by atoms with van der Waals surface area (Å²) in [6.45, 7) is 8.17. The number of nitrogens with zero attached hydrogens (tertiary/aromatic N) is 2. The third-order valence-corrected chi connectivity index (χ3v) is 4.82. The predicted molar refractivity (Wildman–Crippen MR) is 90.7 cm³/mol. The second-order valence-electron chi connectivity index (χ2n) is 7.19. The van der Waals surface area contributed by atoms with Gasteiger partial charge in [0.25, 0.3) is 0 Å². The average Bonchev–Trinajstić information content (AvgIpc) is 3.27. The molecule has 1 aromatic carbocycles. The summed E-state index contributed by atoms with van der Waals surface area (Å²) in [6.07, 6.45) is 4.16. The van der Waals surface area contributed by atoms with Gasteiger partial charge in [0, 0.05) is 5.92 Å². The van der Waals surface area contributed by atoms with Crippen molar-refractivity contribution in [1.29, 1.82) is 5.26 Å². The van der Waals surface area contributed by atoms with Crippen LogP contribution in [0.3, 0.4) is 0 Å². The van der Waals surface area contributed by atoms with Crippen LogP contribution in [0.4, 0.5) is 5.69 Å². The molecule has 1 saturated heterocycles. The van der Waals surface area contributed by atoms with E-state index in [1.54, 1.807) is 0 Å². The summed E-state index contributed by atoms with van der Waals surface area (Å²) in [5.74, 6) is 1.16. The van der Waals surface area contributed by atoms with E-state index in [9.17, 15) is 0 Å². The summed E-state index contributed by atoms with van der Waals surface area (Å²) in [7, 11) is -0.363. The number of hydrogen-bond donors (Lipinski definition) is 1. The van der Waals surface area contributed by atoms with Crippen LogP contribution in [-0.2, 0) is 9.31 Å². The predicted octanol–water partition coefficient (Wildman–Crippen LogP) is 2.50. The van der Waals surface area contributed by atoms with Crippen LogP contribution >= 0.6 is 0 Å². The average molecular weight is 311 g/mol. The van der Waals surface area contributed by atoms with Crippen molar-refractivity contribution in [1.82, 2.24) is 5.32 Å². The van der Waals surface area contributed by atoms with E-state index in [4.69, 9.17) is 14.6 Å². The van der Waals surface area contributed by atoms with Crippen molar-refractivity contribution in [2.45, 2.75) is 51.7 Å². The van der Waals surface area contributed by atoms with E-state index in [-0.39, 0.29) is 18.3 Å². The summed E-state index contributed by atoms with van der Waals surface area (Å²) in [5.41, 5.74) is 1.12. The van der Waals surface area contributed by atoms with Crippen molar-refractivity contribution in [3.05, 3.63) is 24.3 Å². The van der Waals surface area contributed by atoms with Gasteiger partial charge >= 0.3 is 7.12 Å². The van der Waals surface area contributed by atoms with E-state index in [0.717, 1.165) is 29.8 Å². The maximum Gasteiger partial charge on any atom is 0.494 e. The molecule has 0 aromatic heterocycles. The highest BCUT2D eigenvalue weighted by Gasteiger charge is 2.51. The Bertz CT molecular complexity index is 641. The van der Waals surface area contributed by atoms with Crippen molar-refractivity contribution in [3.8, 4) is 6.19 Å². The van der Waals surface area contributed by atoms with E-state index in [1.807, 2.05) is 58.2 Å². The molecule has 1 heterocycles. The van der Waals surface area contributed by atoms with E-state index in [0.29, 0.717) is 5.92 Å². The lowest BCUT2D eigenvalue weighted by Gasteiger charge is -2.32. The third kappa shape index (κ3) is 3.26. The molecule has 0 amide bonds. The lowest BCUT2D eigenvalue weighted by Crippen LogP contribution is -2.41. The summed E-state index contributed by atoms with van der Waals surface area (Å²) in [6, 6.07) is 7.80. The third-order valence-electron chi connectivity index (χ3n) is 4.82. The molecule has 120 valence electrons. The second-order valence-corrected chi connectivity index (χ2v) is 7.19. The van der Waals surface area contributed by atoms with Gasteiger partial charge in [0.05, 0.1) is 16.9 Å². The zero-order valence-corrected chi connectivity index (χ0v) is 14.1. The van der Waals surface area contributed by atoms with Gasteiger partial charge in [0.15, 0.2) is 6.19 Å². The number of amidine groups is 1. The number of benzene rings is 1. The van der Waals surface area contributed by atoms with Crippen LogP contribution in [0.15, 0.2) is 29.3 Å². The summed E-state index contributed by atoms with van der Waals surface area (Å²) < 4.78 is 12.1. The molecule has 0 atom stereocenters. The van der Waals surface area contributed by atoms with Crippen molar-refractivity contribution >= 4 is 24.1 Å². The molecule has 1 aliphatic heterocycles. The molecule has 0 spiro atoms. The standard InChI is InChI=1S/C17H22BN3O2/c1-16(2)17(3,4)23-18(22-16)13-7-9-14(10-8-13)21-15(20-11-19)12-5-6-12/h7-10,12H,5-6H2,1-4H3,(H,20,21). The topological polar surface area (TPSA) is 66.6 Å². The van der Waals surface area contributed by atoms with E-state index in [1.165, 1.54) is 0 Å². The first-order valence-electron chi connectivity index (χ1n) is 8.02. The maximum atomic E-state index is 8.80. The lowest BCUT2D eigenvalue weighted by atomic mass is 9.79. The summed E-state index contributed by atoms with van der Waals surface area (Å²) in [4.78, 5) is 4.54. The molecule has 23 heavy (non-hydrogen) atoms. The van der Waals surface area contributed by atoms with Gasteiger partial charge in [0.1, 0.15) is 5.84 Å². The molecule has 0 bridgehead atoms. The number of rotatable bonds is 3. The molecule has 1 aliphatic carbocycles. The van der Waals surface area contributed by atoms with Gasteiger partial charge in [-0.3, -0.25) is 5.32 Å². The Hall–Kier alpha value is -1.84. The first-order chi connectivity index (χ1) is 10.8. The Balaban J connectivity index is 1.76. The Morgan fingerprint density at radius 1 is 1.17 bits per heavy atom. The molecule has 2 fully saturated rings. The van der Waals surface area contributed by atoms with Crippen LogP contribution in [0.2, 0.25) is 0 Å². The minimum absolute atomic E-state index is 0.343. The molecule has 0 unspecified atom stereocenters. The van der Waals surface area contributed by atoms with Gasteiger partial charge in [0.2, 0.25) is 0 Å². The SMILES string of the molecule is CC1(C)OB(c2ccc(/N=C(/NC#N)C3CC3)cc2)OC1(C)C. The van der Waals surface area contributed by atoms with Crippen molar-refractivity contribution in [3.63, 3.8) is 0 Å². The largest absolute Gasteiger partial charge is 0.494 e. The minimum Gasteiger partial charge on any atom is -0.399 e. The highest BCUT2D eigenvalue weighted by molar-refractivity contribution is 6.62. The van der Waals surface area contributed by atoms with Gasteiger partial charge in [-0.25, -0.2) is 4.99 Å². The Labute approximate surface area is 137 Å². The number of nitrogens with one attached hydrogen (secondary N) is 1. The van der Waals surface area contributed by atoms with E-state index >= 15 is 0 Å². The number of nitriles is 1. The monoisotopic (exact) mass is 311 g/mol. The molecular formula is C17H22BN3O2. The fraction of sp³-hybridized carbons (Fsp3) is 0.529. The van der Waals surface area contributed by atoms with Gasteiger partial charge in [-0.05, 0) is 58.1 Å². The van der Waals surface area contributed by atoms with Gasteiger partial charge < -0.3 is 9.31 Å². The molecule has 0 radical (unpaired) electrons. The zero-order chi connectivity index (χ0) is 16.7. The Kier molecular flexibility index (Phi) is 3.95. The number of hydrogen-bond acceptors (Lipinski definition) is 4. The first kappa shape index (κ1) is 16.0. The molecule has 5 nitrogen and oxygen atoms in total. The quantitative estimate of drug-likeness (QED) is 0.306. The van der Waals surface area contributed by atoms with Gasteiger partial charge in [-0.1, -0.05) is 12.1 Å². The molecular weight excluding hydrogens is 289 g/mol. The molecule has 2 aliphatic rings. The molecule has 1 aromatic rings. The van der Waals surface area contributed by atoms with Gasteiger partial charge in [-0.2, -0.15) is 5.26 Å². The fourth-order valence-electron chi connectivity index (χ4n) is 2.46. The van der Waals surface area contributed by atoms with Crippen LogP contribution < -0.4 is 10.8 Å². The molecule has 6 heteroatoms. The van der Waals surface area contributed by atoms with E-state index in [2.05, 4.69) is 10.3 Å². The van der Waals surface area contributed by atoms with Crippen LogP contribution in [0, 0.1) is 17.4 Å². The molecule has 3 rings (SSSR count). The van der Waals surface area contributed by atoms with Crippen molar-refractivity contribution in [2.24, 2.45) is 10.9 Å². The molecule has 1 N–H and O–H groups in total. The smallest absolute Gasteiger partial charge is 0.399 e. The van der Waals surface area contributed by atoms with E-state index < -0.39 is 0 Å². The Morgan fingerprint density at radius 3 is 2.22 bits per heavy atom. The van der Waals surface area contributed by atoms with Crippen LogP contribution in [0.1, 0.15) is 40.5 Å². The Morgan fingerprint density at radius 2 is 1.74 bits per heavy atom. The summed E-state index contributed by atoms with van der Waals surface area (Å²) in [5, 5.41) is 11.5. The zero-order valence-electron chi connectivity index (χ0n) is 14.1. The first-order valence-corrected chi connectivity index (χ1v) is 8.02. The van der Waals surface area contributed by atoms with Gasteiger partial charge in [-0.15, -0.1) is 0 Å². The normalized spacial score (nSPS) is 22.7. The van der Waals surface area contributed by atoms with Crippen LogP contribution in [-0.4, -0.2) is 24.2 Å². The summed E-state index contributed by atoms with van der Waals surface area (Å²) >= 11 is 0. The number of aliphatic imine (C=N–C) groups is 1. The van der Waals surface area contributed by atoms with Crippen molar-refractivity contribution in [2.75, 3.05) is 0 Å². The molecule has 1 saturated carbocycles. The van der Waals surface area contributed by atoms with Crippen LogP contribution in [0.25, 0.3) is 0 Å². The highest BCUT2D eigenvalue weighted by Crippen LogP contribution is 2.36. The van der Waals surface area contributed by atoms with Crippen LogP contribution in [0.5, 0.6) is 0 Å². The highest BCUT2D eigenvalue weighted by atomic mass is 16.7. The lowest BCUT2D eigenvalue weighted by molar-refractivity contribution is 0.00578.